The van der Waals surface area contributed by atoms with Crippen molar-refractivity contribution < 1.29 is 9.47 Å². The van der Waals surface area contributed by atoms with Gasteiger partial charge >= 0.3 is 0 Å². The number of nitrogens with two attached hydrogens (primary N) is 1. The van der Waals surface area contributed by atoms with Gasteiger partial charge in [-0.15, -0.1) is 0 Å². The van der Waals surface area contributed by atoms with Crippen molar-refractivity contribution in [2.24, 2.45) is 5.73 Å². The first-order chi connectivity index (χ1) is 9.06. The first-order valence-corrected chi connectivity index (χ1v) is 6.98. The number of nitrogens with zero attached hydrogens (tertiary/aromatic N) is 1. The van der Waals surface area contributed by atoms with Crippen molar-refractivity contribution in [3.8, 4) is 0 Å². The topological polar surface area (TPSA) is 57.4 Å². The van der Waals surface area contributed by atoms with Crippen LogP contribution in [0.25, 0.3) is 0 Å². The van der Waals surface area contributed by atoms with Crippen molar-refractivity contribution in [1.82, 2.24) is 4.98 Å². The Hall–Kier alpha value is -1.04. The van der Waals surface area contributed by atoms with Gasteiger partial charge in [0.25, 0.3) is 0 Å². The SMILES string of the molecule is CC1CC(OCc2cccnc2C(N)=S)CC(C)O1. The van der Waals surface area contributed by atoms with E-state index in [-0.39, 0.29) is 18.3 Å². The Bertz CT molecular complexity index is 443. The van der Waals surface area contributed by atoms with E-state index in [2.05, 4.69) is 18.8 Å². The molecule has 1 aliphatic heterocycles. The van der Waals surface area contributed by atoms with Gasteiger partial charge < -0.3 is 15.2 Å². The number of pyridine rings is 1. The van der Waals surface area contributed by atoms with E-state index in [9.17, 15) is 0 Å². The summed E-state index contributed by atoms with van der Waals surface area (Å²) in [6.07, 6.45) is 4.25. The molecule has 19 heavy (non-hydrogen) atoms. The molecule has 1 aliphatic rings. The lowest BCUT2D eigenvalue weighted by Crippen LogP contribution is -2.34. The predicted octanol–water partition coefficient (Wildman–Crippen LogP) is 2.19. The second-order valence-corrected chi connectivity index (χ2v) is 5.48. The molecule has 4 nitrogen and oxygen atoms in total. The fourth-order valence-corrected chi connectivity index (χ4v) is 2.65. The molecule has 1 saturated heterocycles. The smallest absolute Gasteiger partial charge is 0.123 e. The molecule has 2 atom stereocenters. The summed E-state index contributed by atoms with van der Waals surface area (Å²) in [5.41, 5.74) is 7.26. The normalized spacial score (nSPS) is 27.2. The maximum Gasteiger partial charge on any atom is 0.123 e. The maximum atomic E-state index is 5.97. The lowest BCUT2D eigenvalue weighted by molar-refractivity contribution is -0.106. The molecule has 1 fully saturated rings. The van der Waals surface area contributed by atoms with Gasteiger partial charge in [-0.05, 0) is 32.8 Å². The van der Waals surface area contributed by atoms with Crippen molar-refractivity contribution >= 4 is 17.2 Å². The zero-order valence-electron chi connectivity index (χ0n) is 11.3. The fourth-order valence-electron chi connectivity index (χ4n) is 2.46. The molecule has 0 saturated carbocycles. The summed E-state index contributed by atoms with van der Waals surface area (Å²) in [5.74, 6) is 0. The van der Waals surface area contributed by atoms with Gasteiger partial charge in [-0.2, -0.15) is 0 Å². The largest absolute Gasteiger partial charge is 0.388 e. The van der Waals surface area contributed by atoms with E-state index in [4.69, 9.17) is 27.4 Å². The van der Waals surface area contributed by atoms with Gasteiger partial charge in [0.2, 0.25) is 0 Å². The van der Waals surface area contributed by atoms with E-state index in [1.165, 1.54) is 0 Å². The molecule has 0 bridgehead atoms. The molecular formula is C14H20N2O2S. The molecule has 2 rings (SSSR count). The first-order valence-electron chi connectivity index (χ1n) is 6.57. The average Bonchev–Trinajstić information content (AvgIpc) is 2.35. The van der Waals surface area contributed by atoms with Crippen molar-refractivity contribution in [2.45, 2.75) is 51.6 Å². The number of aromatic nitrogens is 1. The van der Waals surface area contributed by atoms with Crippen molar-refractivity contribution in [3.63, 3.8) is 0 Å². The molecule has 1 aromatic rings. The van der Waals surface area contributed by atoms with Crippen molar-refractivity contribution in [1.29, 1.82) is 0 Å². The standard InChI is InChI=1S/C14H20N2O2S/c1-9-6-12(7-10(2)18-9)17-8-11-4-3-5-16-13(11)14(15)19/h3-5,9-10,12H,6-8H2,1-2H3,(H2,15,19). The highest BCUT2D eigenvalue weighted by atomic mass is 32.1. The Kier molecular flexibility index (Phi) is 4.85. The Labute approximate surface area is 119 Å². The minimum Gasteiger partial charge on any atom is -0.388 e. The number of thiocarbonyl (C=S) groups is 1. The van der Waals surface area contributed by atoms with Crippen LogP contribution in [0.15, 0.2) is 18.3 Å². The molecule has 2 unspecified atom stereocenters. The van der Waals surface area contributed by atoms with Gasteiger partial charge in [-0.1, -0.05) is 18.3 Å². The highest BCUT2D eigenvalue weighted by Crippen LogP contribution is 2.22. The summed E-state index contributed by atoms with van der Waals surface area (Å²) < 4.78 is 11.7. The average molecular weight is 280 g/mol. The van der Waals surface area contributed by atoms with E-state index >= 15 is 0 Å². The van der Waals surface area contributed by atoms with Gasteiger partial charge in [0.05, 0.1) is 24.9 Å². The van der Waals surface area contributed by atoms with Gasteiger partial charge in [-0.25, -0.2) is 0 Å². The first kappa shape index (κ1) is 14.4. The lowest BCUT2D eigenvalue weighted by Gasteiger charge is -2.32. The molecular weight excluding hydrogens is 260 g/mol. The van der Waals surface area contributed by atoms with Gasteiger partial charge in [0, 0.05) is 11.8 Å². The van der Waals surface area contributed by atoms with Gasteiger partial charge in [-0.3, -0.25) is 4.98 Å². The summed E-state index contributed by atoms with van der Waals surface area (Å²) in [6, 6.07) is 3.82. The van der Waals surface area contributed by atoms with Crippen LogP contribution in [0.5, 0.6) is 0 Å². The van der Waals surface area contributed by atoms with Crippen molar-refractivity contribution in [3.05, 3.63) is 29.6 Å². The summed E-state index contributed by atoms with van der Waals surface area (Å²) in [6.45, 7) is 4.65. The molecule has 0 aliphatic carbocycles. The monoisotopic (exact) mass is 280 g/mol. The minimum absolute atomic E-state index is 0.221. The molecule has 104 valence electrons. The highest BCUT2D eigenvalue weighted by Gasteiger charge is 2.25. The van der Waals surface area contributed by atoms with Crippen LogP contribution in [0, 0.1) is 0 Å². The number of rotatable bonds is 4. The molecule has 0 amide bonds. The number of hydrogen-bond acceptors (Lipinski definition) is 4. The third-order valence-electron chi connectivity index (χ3n) is 3.25. The third kappa shape index (κ3) is 3.96. The van der Waals surface area contributed by atoms with E-state index < -0.39 is 0 Å². The Morgan fingerprint density at radius 2 is 2.16 bits per heavy atom. The van der Waals surface area contributed by atoms with Crippen LogP contribution in [0.1, 0.15) is 37.9 Å². The van der Waals surface area contributed by atoms with Crippen LogP contribution in [0.4, 0.5) is 0 Å². The summed E-state index contributed by atoms with van der Waals surface area (Å²) >= 11 is 5.00. The molecule has 1 aromatic heterocycles. The Balaban J connectivity index is 1.97. The Morgan fingerprint density at radius 1 is 1.47 bits per heavy atom. The van der Waals surface area contributed by atoms with Crippen LogP contribution in [0.3, 0.4) is 0 Å². The van der Waals surface area contributed by atoms with Crippen LogP contribution in [-0.4, -0.2) is 28.3 Å². The van der Waals surface area contributed by atoms with E-state index in [0.717, 1.165) is 18.4 Å². The molecule has 5 heteroatoms. The lowest BCUT2D eigenvalue weighted by atomic mass is 10.0. The second-order valence-electron chi connectivity index (χ2n) is 5.04. The van der Waals surface area contributed by atoms with E-state index in [1.807, 2.05) is 12.1 Å². The van der Waals surface area contributed by atoms with E-state index in [1.54, 1.807) is 6.20 Å². The van der Waals surface area contributed by atoms with Crippen molar-refractivity contribution in [2.75, 3.05) is 0 Å². The minimum atomic E-state index is 0.221. The molecule has 0 aromatic carbocycles. The predicted molar refractivity (Wildman–Crippen MR) is 77.9 cm³/mol. The zero-order valence-corrected chi connectivity index (χ0v) is 12.2. The Morgan fingerprint density at radius 3 is 2.79 bits per heavy atom. The van der Waals surface area contributed by atoms with Crippen LogP contribution < -0.4 is 5.73 Å². The summed E-state index contributed by atoms with van der Waals surface area (Å²) in [4.78, 5) is 4.51. The highest BCUT2D eigenvalue weighted by molar-refractivity contribution is 7.80. The molecule has 2 heterocycles. The second kappa shape index (κ2) is 6.41. The van der Waals surface area contributed by atoms with Crippen LogP contribution in [-0.2, 0) is 16.1 Å². The maximum absolute atomic E-state index is 5.97. The van der Waals surface area contributed by atoms with E-state index in [0.29, 0.717) is 17.3 Å². The number of ether oxygens (including phenoxy) is 2. The van der Waals surface area contributed by atoms with Gasteiger partial charge in [0.15, 0.2) is 0 Å². The van der Waals surface area contributed by atoms with Crippen LogP contribution in [0.2, 0.25) is 0 Å². The third-order valence-corrected chi connectivity index (χ3v) is 3.45. The van der Waals surface area contributed by atoms with Gasteiger partial charge in [0.1, 0.15) is 10.7 Å². The quantitative estimate of drug-likeness (QED) is 0.857. The fraction of sp³-hybridized carbons (Fsp3) is 0.571. The summed E-state index contributed by atoms with van der Waals surface area (Å²) in [7, 11) is 0. The van der Waals surface area contributed by atoms with Crippen LogP contribution >= 0.6 is 12.2 Å². The molecule has 0 spiro atoms. The molecule has 0 radical (unpaired) electrons. The zero-order chi connectivity index (χ0) is 13.8. The molecule has 2 N–H and O–H groups in total. The summed E-state index contributed by atoms with van der Waals surface area (Å²) in [5, 5.41) is 0. The number of hydrogen-bond donors (Lipinski definition) is 1.